The number of pyridine rings is 1. The van der Waals surface area contributed by atoms with Gasteiger partial charge in [0.25, 0.3) is 5.91 Å². The van der Waals surface area contributed by atoms with Gasteiger partial charge in [-0.1, -0.05) is 24.3 Å². The van der Waals surface area contributed by atoms with Crippen molar-refractivity contribution in [2.24, 2.45) is 0 Å². The molecular weight excluding hydrogens is 452 g/mol. The minimum Gasteiger partial charge on any atom is -0.464 e. The molecule has 0 radical (unpaired) electrons. The SMILES string of the molecule is CNc1cccc(-c2cccc(NC(=O)c3cc(C4CC4)c(CNC4CCOC4=O)cn3)c2C)c1C. The van der Waals surface area contributed by atoms with Gasteiger partial charge in [-0.05, 0) is 84.2 Å². The summed E-state index contributed by atoms with van der Waals surface area (Å²) >= 11 is 0. The molecule has 7 nitrogen and oxygen atoms in total. The van der Waals surface area contributed by atoms with Gasteiger partial charge in [0.1, 0.15) is 11.7 Å². The first kappa shape index (κ1) is 24.0. The molecule has 1 unspecified atom stereocenters. The summed E-state index contributed by atoms with van der Waals surface area (Å²) in [6, 6.07) is 13.8. The molecule has 0 spiro atoms. The molecule has 2 fully saturated rings. The van der Waals surface area contributed by atoms with Crippen LogP contribution < -0.4 is 16.0 Å². The summed E-state index contributed by atoms with van der Waals surface area (Å²) in [6.07, 6.45) is 4.67. The third-order valence-corrected chi connectivity index (χ3v) is 7.22. The second-order valence-electron chi connectivity index (χ2n) is 9.59. The number of hydrogen-bond donors (Lipinski definition) is 3. The molecule has 1 aliphatic heterocycles. The van der Waals surface area contributed by atoms with Gasteiger partial charge < -0.3 is 20.7 Å². The van der Waals surface area contributed by atoms with Gasteiger partial charge in [0.15, 0.2) is 0 Å². The van der Waals surface area contributed by atoms with Crippen LogP contribution in [0.5, 0.6) is 0 Å². The summed E-state index contributed by atoms with van der Waals surface area (Å²) in [4.78, 5) is 29.5. The molecule has 2 heterocycles. The predicted octanol–water partition coefficient (Wildman–Crippen LogP) is 4.94. The fourth-order valence-electron chi connectivity index (χ4n) is 4.91. The van der Waals surface area contributed by atoms with Crippen molar-refractivity contribution in [3.63, 3.8) is 0 Å². The first-order chi connectivity index (χ1) is 17.5. The van der Waals surface area contributed by atoms with Crippen LogP contribution in [-0.4, -0.2) is 36.6 Å². The number of carbonyl (C=O) groups is 2. The summed E-state index contributed by atoms with van der Waals surface area (Å²) in [7, 11) is 1.92. The largest absolute Gasteiger partial charge is 0.464 e. The highest BCUT2D eigenvalue weighted by Gasteiger charge is 2.29. The zero-order valence-electron chi connectivity index (χ0n) is 21.0. The smallest absolute Gasteiger partial charge is 0.323 e. The number of hydrogen-bond acceptors (Lipinski definition) is 6. The molecule has 3 N–H and O–H groups in total. The van der Waals surface area contributed by atoms with Crippen molar-refractivity contribution in [2.75, 3.05) is 24.3 Å². The highest BCUT2D eigenvalue weighted by Crippen LogP contribution is 2.42. The normalized spacial score (nSPS) is 17.1. The van der Waals surface area contributed by atoms with E-state index in [0.29, 0.717) is 31.2 Å². The number of ether oxygens (including phenoxy) is 1. The fourth-order valence-corrected chi connectivity index (χ4v) is 4.91. The molecule has 3 aromatic rings. The second-order valence-corrected chi connectivity index (χ2v) is 9.59. The number of aromatic nitrogens is 1. The lowest BCUT2D eigenvalue weighted by Gasteiger charge is -2.17. The maximum Gasteiger partial charge on any atom is 0.323 e. The van der Waals surface area contributed by atoms with Crippen LogP contribution in [-0.2, 0) is 16.1 Å². The van der Waals surface area contributed by atoms with Crippen LogP contribution in [0.3, 0.4) is 0 Å². The van der Waals surface area contributed by atoms with Gasteiger partial charge in [0, 0.05) is 37.6 Å². The average molecular weight is 485 g/mol. The zero-order valence-corrected chi connectivity index (χ0v) is 21.0. The number of nitrogens with zero attached hydrogens (tertiary/aromatic N) is 1. The molecule has 5 rings (SSSR count). The first-order valence-corrected chi connectivity index (χ1v) is 12.5. The summed E-state index contributed by atoms with van der Waals surface area (Å²) in [6.45, 7) is 5.13. The van der Waals surface area contributed by atoms with Gasteiger partial charge in [-0.15, -0.1) is 0 Å². The van der Waals surface area contributed by atoms with E-state index >= 15 is 0 Å². The van der Waals surface area contributed by atoms with Crippen molar-refractivity contribution in [3.8, 4) is 11.1 Å². The Morgan fingerprint density at radius 2 is 1.72 bits per heavy atom. The van der Waals surface area contributed by atoms with Crippen LogP contribution >= 0.6 is 0 Å². The van der Waals surface area contributed by atoms with Gasteiger partial charge in [-0.2, -0.15) is 0 Å². The highest BCUT2D eigenvalue weighted by molar-refractivity contribution is 6.04. The number of benzene rings is 2. The monoisotopic (exact) mass is 484 g/mol. The molecular formula is C29H32N4O3. The number of carbonyl (C=O) groups excluding carboxylic acids is 2. The molecule has 2 aromatic carbocycles. The predicted molar refractivity (Wildman–Crippen MR) is 141 cm³/mol. The van der Waals surface area contributed by atoms with Crippen molar-refractivity contribution in [3.05, 3.63) is 76.6 Å². The Morgan fingerprint density at radius 1 is 1.03 bits per heavy atom. The van der Waals surface area contributed by atoms with E-state index in [1.807, 2.05) is 38.2 Å². The maximum absolute atomic E-state index is 13.2. The molecule has 1 aliphatic carbocycles. The van der Waals surface area contributed by atoms with Crippen LogP contribution in [0.1, 0.15) is 57.9 Å². The minimum atomic E-state index is -0.271. The Morgan fingerprint density at radius 3 is 2.36 bits per heavy atom. The quantitative estimate of drug-likeness (QED) is 0.392. The van der Waals surface area contributed by atoms with Crippen molar-refractivity contribution in [1.29, 1.82) is 0 Å². The van der Waals surface area contributed by atoms with E-state index in [0.717, 1.165) is 57.6 Å². The Hall–Kier alpha value is -3.71. The molecule has 2 aliphatic rings. The molecule has 1 amide bonds. The maximum atomic E-state index is 13.2. The van der Waals surface area contributed by atoms with E-state index in [9.17, 15) is 9.59 Å². The van der Waals surface area contributed by atoms with Gasteiger partial charge in [-0.25, -0.2) is 0 Å². The van der Waals surface area contributed by atoms with Crippen molar-refractivity contribution >= 4 is 23.3 Å². The number of amides is 1. The van der Waals surface area contributed by atoms with E-state index in [4.69, 9.17) is 4.74 Å². The van der Waals surface area contributed by atoms with E-state index in [1.54, 1.807) is 6.20 Å². The zero-order chi connectivity index (χ0) is 25.2. The lowest BCUT2D eigenvalue weighted by atomic mass is 9.94. The second kappa shape index (κ2) is 10.1. The van der Waals surface area contributed by atoms with E-state index in [2.05, 4.69) is 46.1 Å². The Bertz CT molecular complexity index is 1320. The van der Waals surface area contributed by atoms with Crippen LogP contribution in [0.2, 0.25) is 0 Å². The van der Waals surface area contributed by atoms with Gasteiger partial charge >= 0.3 is 5.97 Å². The highest BCUT2D eigenvalue weighted by atomic mass is 16.5. The molecule has 36 heavy (non-hydrogen) atoms. The van der Waals surface area contributed by atoms with Gasteiger partial charge in [-0.3, -0.25) is 14.6 Å². The van der Waals surface area contributed by atoms with Crippen LogP contribution in [0.25, 0.3) is 11.1 Å². The third-order valence-electron chi connectivity index (χ3n) is 7.22. The summed E-state index contributed by atoms with van der Waals surface area (Å²) in [5.74, 6) is 0.0218. The van der Waals surface area contributed by atoms with Gasteiger partial charge in [0.2, 0.25) is 0 Å². The molecule has 7 heteroatoms. The van der Waals surface area contributed by atoms with Crippen molar-refractivity contribution in [2.45, 2.75) is 51.6 Å². The van der Waals surface area contributed by atoms with Crippen LogP contribution in [0.4, 0.5) is 11.4 Å². The molecule has 0 bridgehead atoms. The lowest BCUT2D eigenvalue weighted by molar-refractivity contribution is -0.139. The third kappa shape index (κ3) is 4.84. The number of cyclic esters (lactones) is 1. The van der Waals surface area contributed by atoms with E-state index in [1.165, 1.54) is 0 Å². The average Bonchev–Trinajstić information content (AvgIpc) is 3.65. The van der Waals surface area contributed by atoms with Crippen LogP contribution in [0, 0.1) is 13.8 Å². The van der Waals surface area contributed by atoms with Crippen molar-refractivity contribution in [1.82, 2.24) is 10.3 Å². The number of anilines is 2. The molecule has 1 saturated heterocycles. The fraction of sp³-hybridized carbons (Fsp3) is 0.345. The number of nitrogens with one attached hydrogen (secondary N) is 3. The van der Waals surface area contributed by atoms with Crippen molar-refractivity contribution < 1.29 is 14.3 Å². The lowest BCUT2D eigenvalue weighted by Crippen LogP contribution is -2.32. The Balaban J connectivity index is 1.36. The summed E-state index contributed by atoms with van der Waals surface area (Å²) < 4.78 is 5.04. The van der Waals surface area contributed by atoms with E-state index < -0.39 is 0 Å². The first-order valence-electron chi connectivity index (χ1n) is 12.5. The Labute approximate surface area is 211 Å². The standard InChI is InChI=1S/C29H32N4O3/c1-17-21(6-4-8-24(17)30-3)22-7-5-9-25(18(22)2)33-28(34)27-14-23(19-10-11-19)20(16-32-27)15-31-26-12-13-36-29(26)35/h4-9,14,16,19,26,30-31H,10-13,15H2,1-3H3,(H,33,34). The van der Waals surface area contributed by atoms with Gasteiger partial charge in [0.05, 0.1) is 6.61 Å². The van der Waals surface area contributed by atoms with E-state index in [-0.39, 0.29) is 17.9 Å². The summed E-state index contributed by atoms with van der Waals surface area (Å²) in [5.41, 5.74) is 8.81. The minimum absolute atomic E-state index is 0.197. The summed E-state index contributed by atoms with van der Waals surface area (Å²) in [5, 5.41) is 9.60. The molecule has 1 aromatic heterocycles. The molecule has 1 saturated carbocycles. The topological polar surface area (TPSA) is 92.4 Å². The molecule has 186 valence electrons. The number of rotatable bonds is 8. The molecule has 1 atom stereocenters. The Kier molecular flexibility index (Phi) is 6.74. The van der Waals surface area contributed by atoms with Crippen LogP contribution in [0.15, 0.2) is 48.7 Å². The number of esters is 1.